The van der Waals surface area contributed by atoms with E-state index in [0.29, 0.717) is 23.0 Å². The first-order valence-corrected chi connectivity index (χ1v) is 7.24. The van der Waals surface area contributed by atoms with E-state index in [1.165, 1.54) is 6.07 Å². The number of nitro benzene ring substituents is 1. The van der Waals surface area contributed by atoms with E-state index >= 15 is 0 Å². The minimum absolute atomic E-state index is 0.124. The Morgan fingerprint density at radius 1 is 1.50 bits per heavy atom. The molecular formula is C14H19ClN2O3. The van der Waals surface area contributed by atoms with Crippen molar-refractivity contribution in [3.05, 3.63) is 38.9 Å². The number of hydrogen-bond acceptors (Lipinski definition) is 4. The standard InChI is InChI=1S/C14H19ClN2O3/c15-13-3-4-14(17(19)20)12(8-13)10-16-6-1-2-11(9-16)5-7-18/h3-4,8,11,18H,1-2,5-7,9-10H2. The van der Waals surface area contributed by atoms with Crippen molar-refractivity contribution in [2.45, 2.75) is 25.8 Å². The smallest absolute Gasteiger partial charge is 0.273 e. The molecule has 0 spiro atoms. The summed E-state index contributed by atoms with van der Waals surface area (Å²) in [6, 6.07) is 4.69. The van der Waals surface area contributed by atoms with Gasteiger partial charge in [-0.3, -0.25) is 15.0 Å². The Morgan fingerprint density at radius 2 is 2.30 bits per heavy atom. The lowest BCUT2D eigenvalue weighted by atomic mass is 9.95. The van der Waals surface area contributed by atoms with E-state index in [0.717, 1.165) is 32.4 Å². The summed E-state index contributed by atoms with van der Waals surface area (Å²) in [7, 11) is 0. The lowest BCUT2D eigenvalue weighted by Crippen LogP contribution is -2.35. The lowest BCUT2D eigenvalue weighted by molar-refractivity contribution is -0.385. The summed E-state index contributed by atoms with van der Waals surface area (Å²) in [5, 5.41) is 20.6. The van der Waals surface area contributed by atoms with Gasteiger partial charge < -0.3 is 5.11 Å². The molecule has 0 amide bonds. The minimum Gasteiger partial charge on any atom is -0.396 e. The molecule has 20 heavy (non-hydrogen) atoms. The van der Waals surface area contributed by atoms with Crippen molar-refractivity contribution in [2.24, 2.45) is 5.92 Å². The molecule has 0 radical (unpaired) electrons. The number of piperidine rings is 1. The molecule has 1 heterocycles. The number of aliphatic hydroxyl groups excluding tert-OH is 1. The molecule has 1 atom stereocenters. The van der Waals surface area contributed by atoms with Gasteiger partial charge in [0.25, 0.3) is 5.69 Å². The van der Waals surface area contributed by atoms with Crippen LogP contribution in [-0.2, 0) is 6.54 Å². The second-order valence-electron chi connectivity index (χ2n) is 5.29. The predicted molar refractivity (Wildman–Crippen MR) is 77.8 cm³/mol. The van der Waals surface area contributed by atoms with Crippen LogP contribution in [0.3, 0.4) is 0 Å². The van der Waals surface area contributed by atoms with Gasteiger partial charge in [0.05, 0.1) is 4.92 Å². The topological polar surface area (TPSA) is 66.6 Å². The molecule has 6 heteroatoms. The molecule has 1 aliphatic rings. The van der Waals surface area contributed by atoms with Gasteiger partial charge in [0.15, 0.2) is 0 Å². The van der Waals surface area contributed by atoms with E-state index in [4.69, 9.17) is 16.7 Å². The molecule has 1 aromatic rings. The molecule has 1 unspecified atom stereocenters. The number of nitro groups is 1. The fourth-order valence-electron chi connectivity index (χ4n) is 2.81. The number of halogens is 1. The molecule has 1 saturated heterocycles. The van der Waals surface area contributed by atoms with Crippen LogP contribution in [-0.4, -0.2) is 34.6 Å². The SMILES string of the molecule is O=[N+]([O-])c1ccc(Cl)cc1CN1CCCC(CCO)C1. The van der Waals surface area contributed by atoms with Gasteiger partial charge in [-0.2, -0.15) is 0 Å². The Bertz CT molecular complexity index is 479. The molecule has 0 bridgehead atoms. The van der Waals surface area contributed by atoms with Gasteiger partial charge in [-0.1, -0.05) is 11.6 Å². The molecule has 2 rings (SSSR count). The zero-order chi connectivity index (χ0) is 14.5. The number of benzene rings is 1. The highest BCUT2D eigenvalue weighted by molar-refractivity contribution is 6.30. The highest BCUT2D eigenvalue weighted by atomic mass is 35.5. The highest BCUT2D eigenvalue weighted by Gasteiger charge is 2.22. The van der Waals surface area contributed by atoms with Gasteiger partial charge >= 0.3 is 0 Å². The minimum atomic E-state index is -0.360. The van der Waals surface area contributed by atoms with E-state index in [-0.39, 0.29) is 17.2 Å². The lowest BCUT2D eigenvalue weighted by Gasteiger charge is -2.32. The first-order valence-electron chi connectivity index (χ1n) is 6.86. The van der Waals surface area contributed by atoms with Crippen LogP contribution in [0.1, 0.15) is 24.8 Å². The van der Waals surface area contributed by atoms with E-state index in [2.05, 4.69) is 4.90 Å². The average molecular weight is 299 g/mol. The van der Waals surface area contributed by atoms with Crippen LogP contribution in [0.2, 0.25) is 5.02 Å². The third-order valence-corrected chi connectivity index (χ3v) is 4.01. The molecule has 110 valence electrons. The van der Waals surface area contributed by atoms with Gasteiger partial charge in [0.2, 0.25) is 0 Å². The second kappa shape index (κ2) is 7.02. The summed E-state index contributed by atoms with van der Waals surface area (Å²) in [6.07, 6.45) is 2.99. The molecule has 5 nitrogen and oxygen atoms in total. The first kappa shape index (κ1) is 15.2. The summed E-state index contributed by atoms with van der Waals surface area (Å²) in [4.78, 5) is 12.9. The van der Waals surface area contributed by atoms with E-state index < -0.39 is 0 Å². The van der Waals surface area contributed by atoms with Crippen LogP contribution < -0.4 is 0 Å². The maximum atomic E-state index is 11.1. The molecule has 0 saturated carbocycles. The molecule has 1 N–H and O–H groups in total. The molecular weight excluding hydrogens is 280 g/mol. The highest BCUT2D eigenvalue weighted by Crippen LogP contribution is 2.27. The third-order valence-electron chi connectivity index (χ3n) is 3.77. The van der Waals surface area contributed by atoms with Crippen LogP contribution in [0.4, 0.5) is 5.69 Å². The summed E-state index contributed by atoms with van der Waals surface area (Å²) in [6.45, 7) is 2.56. The fraction of sp³-hybridized carbons (Fsp3) is 0.571. The zero-order valence-electron chi connectivity index (χ0n) is 11.3. The Morgan fingerprint density at radius 3 is 3.00 bits per heavy atom. The molecule has 1 aliphatic heterocycles. The van der Waals surface area contributed by atoms with Crippen LogP contribution in [0.25, 0.3) is 0 Å². The number of nitrogens with zero attached hydrogens (tertiary/aromatic N) is 2. The Labute approximate surface area is 123 Å². The van der Waals surface area contributed by atoms with E-state index in [9.17, 15) is 10.1 Å². The van der Waals surface area contributed by atoms with Crippen molar-refractivity contribution >= 4 is 17.3 Å². The first-order chi connectivity index (χ1) is 9.60. The van der Waals surface area contributed by atoms with Crippen LogP contribution in [0, 0.1) is 16.0 Å². The summed E-state index contributed by atoms with van der Waals surface area (Å²) < 4.78 is 0. The Hall–Kier alpha value is -1.17. The molecule has 0 aliphatic carbocycles. The van der Waals surface area contributed by atoms with E-state index in [1.54, 1.807) is 12.1 Å². The maximum absolute atomic E-state index is 11.1. The normalized spacial score (nSPS) is 20.0. The van der Waals surface area contributed by atoms with Gasteiger partial charge in [0, 0.05) is 36.3 Å². The number of hydrogen-bond donors (Lipinski definition) is 1. The zero-order valence-corrected chi connectivity index (χ0v) is 12.1. The monoisotopic (exact) mass is 298 g/mol. The fourth-order valence-corrected chi connectivity index (χ4v) is 3.01. The molecule has 1 fully saturated rings. The summed E-state index contributed by atoms with van der Waals surface area (Å²) in [5.41, 5.74) is 0.783. The van der Waals surface area contributed by atoms with Crippen molar-refractivity contribution < 1.29 is 10.0 Å². The maximum Gasteiger partial charge on any atom is 0.273 e. The predicted octanol–water partition coefficient (Wildman–Crippen LogP) is 2.84. The molecule has 1 aromatic carbocycles. The van der Waals surface area contributed by atoms with Gasteiger partial charge in [0.1, 0.15) is 0 Å². The number of rotatable bonds is 5. The largest absolute Gasteiger partial charge is 0.396 e. The van der Waals surface area contributed by atoms with Crippen LogP contribution >= 0.6 is 11.6 Å². The van der Waals surface area contributed by atoms with Gasteiger partial charge in [-0.15, -0.1) is 0 Å². The number of aliphatic hydroxyl groups is 1. The van der Waals surface area contributed by atoms with Gasteiger partial charge in [-0.25, -0.2) is 0 Å². The average Bonchev–Trinajstić information content (AvgIpc) is 2.39. The third kappa shape index (κ3) is 3.91. The van der Waals surface area contributed by atoms with E-state index in [1.807, 2.05) is 0 Å². The molecule has 0 aromatic heterocycles. The number of likely N-dealkylation sites (tertiary alicyclic amines) is 1. The summed E-state index contributed by atoms with van der Waals surface area (Å²) >= 11 is 5.94. The van der Waals surface area contributed by atoms with Crippen molar-refractivity contribution in [1.29, 1.82) is 0 Å². The van der Waals surface area contributed by atoms with Crippen molar-refractivity contribution in [3.63, 3.8) is 0 Å². The van der Waals surface area contributed by atoms with Crippen molar-refractivity contribution in [1.82, 2.24) is 4.90 Å². The van der Waals surface area contributed by atoms with Crippen molar-refractivity contribution in [2.75, 3.05) is 19.7 Å². The quantitative estimate of drug-likeness (QED) is 0.670. The second-order valence-corrected chi connectivity index (χ2v) is 5.72. The Kier molecular flexibility index (Phi) is 5.34. The van der Waals surface area contributed by atoms with Crippen molar-refractivity contribution in [3.8, 4) is 0 Å². The van der Waals surface area contributed by atoms with Gasteiger partial charge in [-0.05, 0) is 43.9 Å². The Balaban J connectivity index is 2.09. The summed E-state index contributed by atoms with van der Waals surface area (Å²) in [5.74, 6) is 0.479. The van der Waals surface area contributed by atoms with Crippen LogP contribution in [0.5, 0.6) is 0 Å². The van der Waals surface area contributed by atoms with Crippen LogP contribution in [0.15, 0.2) is 18.2 Å².